The normalized spacial score (nSPS) is 12.0. The van der Waals surface area contributed by atoms with Crippen molar-refractivity contribution in [3.05, 3.63) is 35.8 Å². The Balaban J connectivity index is 2.56. The fourth-order valence-corrected chi connectivity index (χ4v) is 1.81. The van der Waals surface area contributed by atoms with Crippen molar-refractivity contribution in [3.63, 3.8) is 0 Å². The van der Waals surface area contributed by atoms with Gasteiger partial charge in [-0.3, -0.25) is 4.79 Å². The van der Waals surface area contributed by atoms with E-state index < -0.39 is 5.41 Å². The Hall–Kier alpha value is -1.64. The summed E-state index contributed by atoms with van der Waals surface area (Å²) in [6, 6.07) is 4.45. The molecule has 0 aliphatic heterocycles. The molecule has 3 heteroatoms. The number of hydrogen-bond acceptors (Lipinski definition) is 1. The lowest BCUT2D eigenvalue weighted by Gasteiger charge is -2.20. The lowest BCUT2D eigenvalue weighted by atomic mass is 9.82. The van der Waals surface area contributed by atoms with Crippen LogP contribution in [0.5, 0.6) is 0 Å². The second-order valence-electron chi connectivity index (χ2n) is 4.96. The van der Waals surface area contributed by atoms with Gasteiger partial charge in [-0.2, -0.15) is 0 Å². The van der Waals surface area contributed by atoms with Crippen molar-refractivity contribution < 1.29 is 9.18 Å². The maximum atomic E-state index is 13.2. The van der Waals surface area contributed by atoms with E-state index in [1.807, 2.05) is 20.8 Å². The largest absolute Gasteiger partial charge is 0.360 e. The molecular weight excluding hydrogens is 217 g/mol. The number of ketones is 1. The summed E-state index contributed by atoms with van der Waals surface area (Å²) in [5, 5.41) is 0.663. The van der Waals surface area contributed by atoms with Crippen LogP contribution in [0.3, 0.4) is 0 Å². The average Bonchev–Trinajstić information content (AvgIpc) is 2.70. The van der Waals surface area contributed by atoms with Gasteiger partial charge in [-0.25, -0.2) is 4.39 Å². The molecule has 2 nitrogen and oxygen atoms in total. The minimum Gasteiger partial charge on any atom is -0.360 e. The molecule has 0 saturated carbocycles. The van der Waals surface area contributed by atoms with Crippen LogP contribution in [0, 0.1) is 11.2 Å². The molecule has 17 heavy (non-hydrogen) atoms. The fraction of sp³-hybridized carbons (Fsp3) is 0.357. The van der Waals surface area contributed by atoms with E-state index >= 15 is 0 Å². The number of aromatic amines is 1. The summed E-state index contributed by atoms with van der Waals surface area (Å²) in [6.07, 6.45) is 2.43. The molecule has 0 radical (unpaired) electrons. The van der Waals surface area contributed by atoms with E-state index in [2.05, 4.69) is 4.98 Å². The number of carbonyl (C=O) groups is 1. The van der Waals surface area contributed by atoms with E-state index in [1.165, 1.54) is 12.1 Å². The van der Waals surface area contributed by atoms with Gasteiger partial charge in [0, 0.05) is 28.1 Å². The van der Waals surface area contributed by atoms with Crippen LogP contribution >= 0.6 is 0 Å². The molecule has 0 aliphatic carbocycles. The summed E-state index contributed by atoms with van der Waals surface area (Å²) < 4.78 is 13.2. The molecular formula is C14H16FNO. The van der Waals surface area contributed by atoms with E-state index in [-0.39, 0.29) is 11.6 Å². The van der Waals surface area contributed by atoms with E-state index in [4.69, 9.17) is 0 Å². The summed E-state index contributed by atoms with van der Waals surface area (Å²) >= 11 is 0. The zero-order valence-corrected chi connectivity index (χ0v) is 10.3. The quantitative estimate of drug-likeness (QED) is 0.800. The van der Waals surface area contributed by atoms with Crippen molar-refractivity contribution in [2.75, 3.05) is 0 Å². The Bertz CT molecular complexity index is 569. The van der Waals surface area contributed by atoms with Gasteiger partial charge in [-0.05, 0) is 24.6 Å². The molecule has 90 valence electrons. The third-order valence-electron chi connectivity index (χ3n) is 3.39. The minimum atomic E-state index is -0.415. The zero-order valence-electron chi connectivity index (χ0n) is 10.3. The first-order chi connectivity index (χ1) is 7.95. The molecule has 1 N–H and O–H groups in total. The number of aromatic nitrogens is 1. The number of benzene rings is 1. The Kier molecular flexibility index (Phi) is 2.77. The SMILES string of the molecule is CCC(C)(C)C(=O)c1c[nH]c2ccc(F)cc12. The van der Waals surface area contributed by atoms with Gasteiger partial charge in [0.2, 0.25) is 0 Å². The van der Waals surface area contributed by atoms with E-state index in [1.54, 1.807) is 12.3 Å². The van der Waals surface area contributed by atoms with E-state index in [0.717, 1.165) is 11.9 Å². The minimum absolute atomic E-state index is 0.0526. The lowest BCUT2D eigenvalue weighted by molar-refractivity contribution is 0.0835. The molecule has 0 saturated heterocycles. The highest BCUT2D eigenvalue weighted by Crippen LogP contribution is 2.29. The highest BCUT2D eigenvalue weighted by atomic mass is 19.1. The molecule has 0 spiro atoms. The van der Waals surface area contributed by atoms with Crippen LogP contribution in [-0.4, -0.2) is 10.8 Å². The first-order valence-corrected chi connectivity index (χ1v) is 5.77. The highest BCUT2D eigenvalue weighted by molar-refractivity contribution is 6.10. The third-order valence-corrected chi connectivity index (χ3v) is 3.39. The number of fused-ring (bicyclic) bond motifs is 1. The maximum Gasteiger partial charge on any atom is 0.170 e. The standard InChI is InChI=1S/C14H16FNO/c1-4-14(2,3)13(17)11-8-16-12-6-5-9(15)7-10(11)12/h5-8,16H,4H2,1-3H3. The first-order valence-electron chi connectivity index (χ1n) is 5.77. The van der Waals surface area contributed by atoms with Crippen LogP contribution in [0.15, 0.2) is 24.4 Å². The number of H-pyrrole nitrogens is 1. The summed E-state index contributed by atoms with van der Waals surface area (Å²) in [7, 11) is 0. The van der Waals surface area contributed by atoms with Crippen molar-refractivity contribution >= 4 is 16.7 Å². The maximum absolute atomic E-state index is 13.2. The van der Waals surface area contributed by atoms with Crippen LogP contribution in [0.4, 0.5) is 4.39 Å². The first kappa shape index (κ1) is 11.8. The van der Waals surface area contributed by atoms with Crippen LogP contribution in [0.1, 0.15) is 37.6 Å². The van der Waals surface area contributed by atoms with Gasteiger partial charge in [-0.15, -0.1) is 0 Å². The zero-order chi connectivity index (χ0) is 12.6. The molecule has 0 unspecified atom stereocenters. The molecule has 0 aliphatic rings. The number of rotatable bonds is 3. The monoisotopic (exact) mass is 233 g/mol. The van der Waals surface area contributed by atoms with Gasteiger partial charge in [0.1, 0.15) is 5.82 Å². The summed E-state index contributed by atoms with van der Waals surface area (Å²) in [5.41, 5.74) is 0.953. The molecule has 1 heterocycles. The molecule has 2 rings (SSSR count). The van der Waals surface area contributed by atoms with E-state index in [0.29, 0.717) is 10.9 Å². The summed E-state index contributed by atoms with van der Waals surface area (Å²) in [6.45, 7) is 5.80. The molecule has 0 amide bonds. The topological polar surface area (TPSA) is 32.9 Å². The Morgan fingerprint density at radius 2 is 2.12 bits per heavy atom. The van der Waals surface area contributed by atoms with Crippen LogP contribution in [0.25, 0.3) is 10.9 Å². The molecule has 1 aromatic heterocycles. The second-order valence-corrected chi connectivity index (χ2v) is 4.96. The summed E-state index contributed by atoms with van der Waals surface area (Å²) in [5.74, 6) is -0.266. The van der Waals surface area contributed by atoms with Crippen LogP contribution in [-0.2, 0) is 0 Å². The molecule has 2 aromatic rings. The number of Topliss-reactive ketones (excluding diaryl/α,β-unsaturated/α-hetero) is 1. The van der Waals surface area contributed by atoms with Crippen LogP contribution < -0.4 is 0 Å². The predicted molar refractivity (Wildman–Crippen MR) is 66.7 cm³/mol. The van der Waals surface area contributed by atoms with Gasteiger partial charge in [0.15, 0.2) is 5.78 Å². The Labute approximate surface area is 99.8 Å². The van der Waals surface area contributed by atoms with Gasteiger partial charge < -0.3 is 4.98 Å². The van der Waals surface area contributed by atoms with Gasteiger partial charge in [0.25, 0.3) is 0 Å². The lowest BCUT2D eigenvalue weighted by Crippen LogP contribution is -2.23. The molecule has 0 bridgehead atoms. The fourth-order valence-electron chi connectivity index (χ4n) is 1.81. The van der Waals surface area contributed by atoms with Crippen molar-refractivity contribution in [2.45, 2.75) is 27.2 Å². The van der Waals surface area contributed by atoms with Crippen molar-refractivity contribution in [3.8, 4) is 0 Å². The van der Waals surface area contributed by atoms with Crippen LogP contribution in [0.2, 0.25) is 0 Å². The third kappa shape index (κ3) is 1.97. The van der Waals surface area contributed by atoms with Gasteiger partial charge in [0.05, 0.1) is 0 Å². The van der Waals surface area contributed by atoms with Gasteiger partial charge >= 0.3 is 0 Å². The summed E-state index contributed by atoms with van der Waals surface area (Å²) in [4.78, 5) is 15.3. The van der Waals surface area contributed by atoms with Gasteiger partial charge in [-0.1, -0.05) is 20.8 Å². The number of hydrogen-bond donors (Lipinski definition) is 1. The molecule has 0 atom stereocenters. The second kappa shape index (κ2) is 3.99. The molecule has 1 aromatic carbocycles. The van der Waals surface area contributed by atoms with Crippen molar-refractivity contribution in [2.24, 2.45) is 5.41 Å². The predicted octanol–water partition coefficient (Wildman–Crippen LogP) is 3.93. The Morgan fingerprint density at radius 1 is 1.41 bits per heavy atom. The molecule has 0 fully saturated rings. The Morgan fingerprint density at radius 3 is 2.76 bits per heavy atom. The smallest absolute Gasteiger partial charge is 0.170 e. The van der Waals surface area contributed by atoms with E-state index in [9.17, 15) is 9.18 Å². The average molecular weight is 233 g/mol. The van der Waals surface area contributed by atoms with Crippen molar-refractivity contribution in [1.29, 1.82) is 0 Å². The number of nitrogens with one attached hydrogen (secondary N) is 1. The van der Waals surface area contributed by atoms with Crippen molar-refractivity contribution in [1.82, 2.24) is 4.98 Å². The number of carbonyl (C=O) groups excluding carboxylic acids is 1. The highest BCUT2D eigenvalue weighted by Gasteiger charge is 2.28. The number of halogens is 1.